The zero-order valence-electron chi connectivity index (χ0n) is 19.9. The summed E-state index contributed by atoms with van der Waals surface area (Å²) in [5, 5.41) is 0. The third-order valence-corrected chi connectivity index (χ3v) is 6.54. The van der Waals surface area contributed by atoms with Gasteiger partial charge in [0.2, 0.25) is 11.8 Å². The van der Waals surface area contributed by atoms with Gasteiger partial charge in [0.25, 0.3) is 0 Å². The van der Waals surface area contributed by atoms with Crippen LogP contribution in [0.1, 0.15) is 24.0 Å². The molecular weight excluding hydrogens is 432 g/mol. The number of ether oxygens (including phenoxy) is 3. The maximum atomic E-state index is 13.3. The van der Waals surface area contributed by atoms with E-state index in [1.807, 2.05) is 47.4 Å². The highest BCUT2D eigenvalue weighted by Crippen LogP contribution is 2.21. The molecule has 0 radical (unpaired) electrons. The summed E-state index contributed by atoms with van der Waals surface area (Å²) in [5.41, 5.74) is 2.18. The predicted molar refractivity (Wildman–Crippen MR) is 128 cm³/mol. The van der Waals surface area contributed by atoms with Gasteiger partial charge in [0.05, 0.1) is 26.4 Å². The van der Waals surface area contributed by atoms with Gasteiger partial charge in [0, 0.05) is 38.8 Å². The lowest BCUT2D eigenvalue weighted by Crippen LogP contribution is -2.44. The molecule has 7 nitrogen and oxygen atoms in total. The first-order valence-corrected chi connectivity index (χ1v) is 12.0. The van der Waals surface area contributed by atoms with Crippen molar-refractivity contribution in [2.75, 3.05) is 46.5 Å². The molecular formula is C27H34N2O5. The molecule has 34 heavy (non-hydrogen) atoms. The zero-order valence-corrected chi connectivity index (χ0v) is 19.9. The average molecular weight is 467 g/mol. The van der Waals surface area contributed by atoms with E-state index in [1.165, 1.54) is 5.56 Å². The van der Waals surface area contributed by atoms with Gasteiger partial charge in [-0.15, -0.1) is 0 Å². The second kappa shape index (κ2) is 12.0. The molecule has 1 atom stereocenters. The third-order valence-electron chi connectivity index (χ3n) is 6.54. The van der Waals surface area contributed by atoms with Crippen LogP contribution >= 0.6 is 0 Å². The molecule has 4 rings (SSSR count). The highest BCUT2D eigenvalue weighted by atomic mass is 16.5. The summed E-state index contributed by atoms with van der Waals surface area (Å²) in [4.78, 5) is 30.0. The normalized spacial score (nSPS) is 19.7. The first-order valence-electron chi connectivity index (χ1n) is 12.0. The van der Waals surface area contributed by atoms with Crippen LogP contribution in [0.15, 0.2) is 54.6 Å². The van der Waals surface area contributed by atoms with Crippen LogP contribution in [-0.4, -0.2) is 74.2 Å². The van der Waals surface area contributed by atoms with Gasteiger partial charge >= 0.3 is 0 Å². The number of hydrogen-bond donors (Lipinski definition) is 0. The Hall–Kier alpha value is -2.90. The quantitative estimate of drug-likeness (QED) is 0.599. The summed E-state index contributed by atoms with van der Waals surface area (Å²) in [5.74, 6) is 0.703. The van der Waals surface area contributed by atoms with Crippen molar-refractivity contribution in [1.29, 1.82) is 0 Å². The fraction of sp³-hybridized carbons (Fsp3) is 0.481. The number of carbonyl (C=O) groups excluding carboxylic acids is 2. The molecule has 0 aromatic heterocycles. The number of methoxy groups -OCH3 is 1. The fourth-order valence-corrected chi connectivity index (χ4v) is 4.56. The van der Waals surface area contributed by atoms with Crippen LogP contribution in [0.4, 0.5) is 0 Å². The Kier molecular flexibility index (Phi) is 8.55. The van der Waals surface area contributed by atoms with Gasteiger partial charge in [0.15, 0.2) is 0 Å². The van der Waals surface area contributed by atoms with Crippen LogP contribution < -0.4 is 4.74 Å². The largest absolute Gasteiger partial charge is 0.497 e. The minimum absolute atomic E-state index is 0.0242. The third kappa shape index (κ3) is 6.58. The van der Waals surface area contributed by atoms with Crippen LogP contribution in [0.25, 0.3) is 0 Å². The van der Waals surface area contributed by atoms with Gasteiger partial charge in [0.1, 0.15) is 5.75 Å². The maximum Gasteiger partial charge on any atom is 0.242 e. The lowest BCUT2D eigenvalue weighted by Gasteiger charge is -2.29. The fourth-order valence-electron chi connectivity index (χ4n) is 4.56. The van der Waals surface area contributed by atoms with Crippen molar-refractivity contribution in [3.05, 3.63) is 65.7 Å². The number of amides is 2. The zero-order chi connectivity index (χ0) is 23.8. The van der Waals surface area contributed by atoms with E-state index < -0.39 is 0 Å². The van der Waals surface area contributed by atoms with Crippen molar-refractivity contribution in [3.8, 4) is 5.75 Å². The van der Waals surface area contributed by atoms with Crippen LogP contribution in [0.2, 0.25) is 0 Å². The molecule has 2 aliphatic heterocycles. The Morgan fingerprint density at radius 2 is 1.79 bits per heavy atom. The maximum absolute atomic E-state index is 13.3. The Labute approximate surface area is 201 Å². The smallest absolute Gasteiger partial charge is 0.242 e. The second-order valence-corrected chi connectivity index (χ2v) is 8.97. The molecule has 0 N–H and O–H groups in total. The highest BCUT2D eigenvalue weighted by molar-refractivity contribution is 5.86. The van der Waals surface area contributed by atoms with E-state index >= 15 is 0 Å². The van der Waals surface area contributed by atoms with Gasteiger partial charge in [-0.25, -0.2) is 0 Å². The summed E-state index contributed by atoms with van der Waals surface area (Å²) < 4.78 is 17.0. The van der Waals surface area contributed by atoms with Crippen LogP contribution in [0.5, 0.6) is 5.75 Å². The Morgan fingerprint density at radius 3 is 2.56 bits per heavy atom. The molecule has 2 amide bonds. The van der Waals surface area contributed by atoms with E-state index in [0.29, 0.717) is 52.3 Å². The van der Waals surface area contributed by atoms with Gasteiger partial charge in [-0.1, -0.05) is 42.5 Å². The van der Waals surface area contributed by atoms with E-state index in [9.17, 15) is 9.59 Å². The first kappa shape index (κ1) is 24.2. The van der Waals surface area contributed by atoms with Crippen molar-refractivity contribution in [3.63, 3.8) is 0 Å². The van der Waals surface area contributed by atoms with Crippen molar-refractivity contribution < 1.29 is 23.8 Å². The van der Waals surface area contributed by atoms with Crippen molar-refractivity contribution >= 4 is 11.8 Å². The van der Waals surface area contributed by atoms with Crippen LogP contribution in [-0.2, 0) is 32.1 Å². The van der Waals surface area contributed by atoms with Crippen molar-refractivity contribution in [2.45, 2.75) is 32.0 Å². The minimum Gasteiger partial charge on any atom is -0.497 e. The van der Waals surface area contributed by atoms with E-state index in [4.69, 9.17) is 14.2 Å². The summed E-state index contributed by atoms with van der Waals surface area (Å²) in [6.07, 6.45) is 1.91. The SMILES string of the molecule is COc1cccc(CO[C@H]2CN(CCc3ccccc3)C(=O)CN(C(=O)C3CCOCC3)C2)c1. The van der Waals surface area contributed by atoms with E-state index in [0.717, 1.165) is 17.7 Å². The summed E-state index contributed by atoms with van der Waals surface area (Å²) in [7, 11) is 1.64. The van der Waals surface area contributed by atoms with E-state index in [2.05, 4.69) is 12.1 Å². The van der Waals surface area contributed by atoms with Crippen molar-refractivity contribution in [1.82, 2.24) is 9.80 Å². The standard InChI is InChI=1S/C27H34N2O5/c1-32-24-9-5-8-22(16-24)20-34-25-17-28(13-10-21-6-3-2-4-7-21)26(30)19-29(18-25)27(31)23-11-14-33-15-12-23/h2-9,16,23,25H,10-15,17-20H2,1H3/t25-/m0/s1. The Bertz CT molecular complexity index is 945. The number of hydrogen-bond acceptors (Lipinski definition) is 5. The number of carbonyl (C=O) groups is 2. The molecule has 0 spiro atoms. The molecule has 7 heteroatoms. The molecule has 2 fully saturated rings. The Morgan fingerprint density at radius 1 is 1.03 bits per heavy atom. The number of nitrogens with zero attached hydrogens (tertiary/aromatic N) is 2. The highest BCUT2D eigenvalue weighted by Gasteiger charge is 2.34. The molecule has 2 aromatic rings. The Balaban J connectivity index is 1.45. The van der Waals surface area contributed by atoms with E-state index in [1.54, 1.807) is 12.0 Å². The average Bonchev–Trinajstić information content (AvgIpc) is 3.05. The summed E-state index contributed by atoms with van der Waals surface area (Å²) in [6, 6.07) is 17.9. The number of rotatable bonds is 8. The molecule has 182 valence electrons. The van der Waals surface area contributed by atoms with Gasteiger partial charge in [-0.2, -0.15) is 0 Å². The summed E-state index contributed by atoms with van der Waals surface area (Å²) in [6.45, 7) is 3.16. The van der Waals surface area contributed by atoms with Gasteiger partial charge in [-0.05, 0) is 42.5 Å². The topological polar surface area (TPSA) is 68.3 Å². The minimum atomic E-state index is -0.266. The lowest BCUT2D eigenvalue weighted by molar-refractivity contribution is -0.143. The van der Waals surface area contributed by atoms with Gasteiger partial charge in [-0.3, -0.25) is 9.59 Å². The molecule has 0 aliphatic carbocycles. The van der Waals surface area contributed by atoms with Crippen LogP contribution in [0, 0.1) is 5.92 Å². The van der Waals surface area contributed by atoms with E-state index in [-0.39, 0.29) is 30.4 Å². The second-order valence-electron chi connectivity index (χ2n) is 8.97. The molecule has 0 saturated carbocycles. The molecule has 0 bridgehead atoms. The predicted octanol–water partition coefficient (Wildman–Crippen LogP) is 2.92. The van der Waals surface area contributed by atoms with Crippen molar-refractivity contribution in [2.24, 2.45) is 5.92 Å². The number of benzene rings is 2. The lowest BCUT2D eigenvalue weighted by atomic mass is 9.98. The first-order chi connectivity index (χ1) is 16.6. The molecule has 2 aliphatic rings. The molecule has 2 saturated heterocycles. The monoisotopic (exact) mass is 466 g/mol. The molecule has 2 heterocycles. The summed E-state index contributed by atoms with van der Waals surface area (Å²) >= 11 is 0. The molecule has 2 aromatic carbocycles. The molecule has 0 unspecified atom stereocenters. The van der Waals surface area contributed by atoms with Gasteiger partial charge < -0.3 is 24.0 Å². The van der Waals surface area contributed by atoms with Crippen LogP contribution in [0.3, 0.4) is 0 Å².